The predicted molar refractivity (Wildman–Crippen MR) is 91.5 cm³/mol. The molecule has 2 aromatic rings. The van der Waals surface area contributed by atoms with E-state index in [9.17, 15) is 13.9 Å². The maximum absolute atomic E-state index is 13.9. The van der Waals surface area contributed by atoms with E-state index >= 15 is 0 Å². The molecule has 1 fully saturated rings. The van der Waals surface area contributed by atoms with Gasteiger partial charge in [0.1, 0.15) is 5.69 Å². The summed E-state index contributed by atoms with van der Waals surface area (Å²) in [7, 11) is 0. The molecule has 0 saturated carbocycles. The van der Waals surface area contributed by atoms with Crippen LogP contribution in [0.1, 0.15) is 19.5 Å². The van der Waals surface area contributed by atoms with E-state index in [0.29, 0.717) is 25.2 Å². The maximum atomic E-state index is 13.9. The summed E-state index contributed by atoms with van der Waals surface area (Å²) in [6, 6.07) is 6.26. The molecule has 2 heterocycles. The summed E-state index contributed by atoms with van der Waals surface area (Å²) >= 11 is 0. The van der Waals surface area contributed by atoms with Crippen molar-refractivity contribution < 1.29 is 13.9 Å². The summed E-state index contributed by atoms with van der Waals surface area (Å²) in [6.45, 7) is 7.49. The molecular formula is C18H24F2N4O. The lowest BCUT2D eigenvalue weighted by Gasteiger charge is -2.44. The number of benzene rings is 1. The highest BCUT2D eigenvalue weighted by atomic mass is 19.1. The Morgan fingerprint density at radius 1 is 1.12 bits per heavy atom. The van der Waals surface area contributed by atoms with Crippen LogP contribution in [0.3, 0.4) is 0 Å². The molecule has 0 unspecified atom stereocenters. The zero-order valence-corrected chi connectivity index (χ0v) is 14.6. The first-order valence-corrected chi connectivity index (χ1v) is 8.57. The van der Waals surface area contributed by atoms with E-state index in [1.165, 1.54) is 22.9 Å². The fourth-order valence-corrected chi connectivity index (χ4v) is 3.66. The summed E-state index contributed by atoms with van der Waals surface area (Å²) in [5.74, 6) is -1.26. The summed E-state index contributed by atoms with van der Waals surface area (Å²) < 4.78 is 29.0. The molecule has 0 spiro atoms. The van der Waals surface area contributed by atoms with E-state index < -0.39 is 11.6 Å². The molecule has 7 heteroatoms. The molecular weight excluding hydrogens is 326 g/mol. The first-order valence-electron chi connectivity index (χ1n) is 8.57. The fraction of sp³-hybridized carbons (Fsp3) is 0.500. The average Bonchev–Trinajstić information content (AvgIpc) is 2.99. The molecule has 5 nitrogen and oxygen atoms in total. The van der Waals surface area contributed by atoms with Gasteiger partial charge in [-0.3, -0.25) is 9.80 Å². The molecule has 0 amide bonds. The lowest BCUT2D eigenvalue weighted by atomic mass is 10.1. The number of hydrogen-bond acceptors (Lipinski definition) is 4. The summed E-state index contributed by atoms with van der Waals surface area (Å²) in [5.41, 5.74) is 0.626. The fourth-order valence-electron chi connectivity index (χ4n) is 3.66. The van der Waals surface area contributed by atoms with Crippen molar-refractivity contribution in [3.63, 3.8) is 0 Å². The van der Waals surface area contributed by atoms with Crippen molar-refractivity contribution in [1.82, 2.24) is 19.6 Å². The Kier molecular flexibility index (Phi) is 5.46. The lowest BCUT2D eigenvalue weighted by molar-refractivity contribution is 0.0233. The van der Waals surface area contributed by atoms with Gasteiger partial charge in [0.2, 0.25) is 0 Å². The number of para-hydroxylation sites is 1. The Hall–Kier alpha value is -1.83. The van der Waals surface area contributed by atoms with Crippen molar-refractivity contribution in [2.45, 2.75) is 32.5 Å². The average molecular weight is 350 g/mol. The second-order valence-corrected chi connectivity index (χ2v) is 6.68. The van der Waals surface area contributed by atoms with E-state index in [0.717, 1.165) is 18.8 Å². The zero-order chi connectivity index (χ0) is 18.0. The molecule has 25 heavy (non-hydrogen) atoms. The Labute approximate surface area is 146 Å². The molecule has 0 aliphatic carbocycles. The molecule has 1 saturated heterocycles. The number of β-amino-alcohol motifs (C(OH)–C–C–N with tert-alkyl or cyclic N) is 1. The van der Waals surface area contributed by atoms with Crippen LogP contribution in [0.5, 0.6) is 0 Å². The summed E-state index contributed by atoms with van der Waals surface area (Å²) in [6.07, 6.45) is 1.59. The summed E-state index contributed by atoms with van der Waals surface area (Å²) in [5, 5.41) is 13.5. The lowest BCUT2D eigenvalue weighted by Crippen LogP contribution is -2.56. The highest BCUT2D eigenvalue weighted by Gasteiger charge is 2.29. The standard InChI is InChI=1S/C18H24F2N4O/c1-13-10-22(11-14(2)23(13)8-9-25)12-15-6-7-24(21-15)18-16(19)4-3-5-17(18)20/h3-7,13-14,25H,8-12H2,1-2H3/t13-,14+. The minimum atomic E-state index is -0.630. The first-order chi connectivity index (χ1) is 12.0. The normalized spacial score (nSPS) is 22.4. The van der Waals surface area contributed by atoms with Crippen molar-refractivity contribution in [2.75, 3.05) is 26.2 Å². The van der Waals surface area contributed by atoms with Gasteiger partial charge in [0.15, 0.2) is 11.6 Å². The molecule has 1 aliphatic heterocycles. The van der Waals surface area contributed by atoms with Gasteiger partial charge >= 0.3 is 0 Å². The Bertz CT molecular complexity index is 689. The molecule has 136 valence electrons. The van der Waals surface area contributed by atoms with Gasteiger partial charge in [-0.15, -0.1) is 0 Å². The minimum absolute atomic E-state index is 0.150. The van der Waals surface area contributed by atoms with Gasteiger partial charge < -0.3 is 5.11 Å². The van der Waals surface area contributed by atoms with E-state index in [1.54, 1.807) is 12.3 Å². The zero-order valence-electron chi connectivity index (χ0n) is 14.6. The van der Waals surface area contributed by atoms with Crippen molar-refractivity contribution in [2.24, 2.45) is 0 Å². The van der Waals surface area contributed by atoms with Crippen molar-refractivity contribution in [1.29, 1.82) is 0 Å². The SMILES string of the molecule is C[C@@H]1CN(Cc2ccn(-c3c(F)cccc3F)n2)C[C@H](C)N1CCO. The van der Waals surface area contributed by atoms with Crippen molar-refractivity contribution in [3.05, 3.63) is 47.8 Å². The van der Waals surface area contributed by atoms with Crippen LogP contribution in [0.15, 0.2) is 30.5 Å². The molecule has 1 aliphatic rings. The Morgan fingerprint density at radius 3 is 2.36 bits per heavy atom. The van der Waals surface area contributed by atoms with Gasteiger partial charge in [-0.05, 0) is 32.0 Å². The second-order valence-electron chi connectivity index (χ2n) is 6.68. The number of aliphatic hydroxyl groups excluding tert-OH is 1. The second kappa shape index (κ2) is 7.59. The third-order valence-electron chi connectivity index (χ3n) is 4.73. The Morgan fingerprint density at radius 2 is 1.76 bits per heavy atom. The minimum Gasteiger partial charge on any atom is -0.395 e. The quantitative estimate of drug-likeness (QED) is 0.896. The van der Waals surface area contributed by atoms with Gasteiger partial charge in [-0.2, -0.15) is 5.10 Å². The van der Waals surface area contributed by atoms with Gasteiger partial charge in [0, 0.05) is 44.5 Å². The van der Waals surface area contributed by atoms with E-state index in [1.807, 2.05) is 0 Å². The van der Waals surface area contributed by atoms with Crippen LogP contribution < -0.4 is 0 Å². The molecule has 2 atom stereocenters. The molecule has 1 aromatic heterocycles. The van der Waals surface area contributed by atoms with Crippen LogP contribution in [0.2, 0.25) is 0 Å². The predicted octanol–water partition coefficient (Wildman–Crippen LogP) is 2.04. The maximum Gasteiger partial charge on any atom is 0.151 e. The highest BCUT2D eigenvalue weighted by Crippen LogP contribution is 2.19. The monoisotopic (exact) mass is 350 g/mol. The van der Waals surface area contributed by atoms with Crippen LogP contribution >= 0.6 is 0 Å². The largest absolute Gasteiger partial charge is 0.395 e. The third-order valence-corrected chi connectivity index (χ3v) is 4.73. The number of aromatic nitrogens is 2. The number of halogens is 2. The van der Waals surface area contributed by atoms with Crippen LogP contribution in [0.4, 0.5) is 8.78 Å². The van der Waals surface area contributed by atoms with Crippen molar-refractivity contribution >= 4 is 0 Å². The van der Waals surface area contributed by atoms with E-state index in [-0.39, 0.29) is 12.3 Å². The number of piperazine rings is 1. The third kappa shape index (κ3) is 3.89. The number of hydrogen-bond donors (Lipinski definition) is 1. The molecule has 0 radical (unpaired) electrons. The number of rotatable bonds is 5. The first kappa shape index (κ1) is 18.0. The van der Waals surface area contributed by atoms with Crippen LogP contribution in [0.25, 0.3) is 5.69 Å². The smallest absolute Gasteiger partial charge is 0.151 e. The van der Waals surface area contributed by atoms with Gasteiger partial charge in [0.05, 0.1) is 12.3 Å². The molecule has 3 rings (SSSR count). The van der Waals surface area contributed by atoms with Crippen LogP contribution in [0, 0.1) is 11.6 Å². The van der Waals surface area contributed by atoms with E-state index in [2.05, 4.69) is 28.7 Å². The van der Waals surface area contributed by atoms with Crippen LogP contribution in [-0.2, 0) is 6.54 Å². The van der Waals surface area contributed by atoms with Crippen LogP contribution in [-0.4, -0.2) is 63.0 Å². The van der Waals surface area contributed by atoms with Crippen molar-refractivity contribution in [3.8, 4) is 5.69 Å². The van der Waals surface area contributed by atoms with Gasteiger partial charge in [0.25, 0.3) is 0 Å². The Balaban J connectivity index is 1.70. The topological polar surface area (TPSA) is 44.5 Å². The summed E-state index contributed by atoms with van der Waals surface area (Å²) in [4.78, 5) is 4.58. The van der Waals surface area contributed by atoms with Gasteiger partial charge in [-0.25, -0.2) is 13.5 Å². The van der Waals surface area contributed by atoms with Gasteiger partial charge in [-0.1, -0.05) is 6.07 Å². The number of aliphatic hydroxyl groups is 1. The molecule has 1 aromatic carbocycles. The molecule has 0 bridgehead atoms. The highest BCUT2D eigenvalue weighted by molar-refractivity contribution is 5.34. The molecule has 1 N–H and O–H groups in total. The van der Waals surface area contributed by atoms with E-state index in [4.69, 9.17) is 0 Å². The number of nitrogens with zero attached hydrogens (tertiary/aromatic N) is 4.